The van der Waals surface area contributed by atoms with Crippen molar-refractivity contribution in [1.29, 1.82) is 0 Å². The molecule has 2 N–H and O–H groups in total. The van der Waals surface area contributed by atoms with E-state index in [0.29, 0.717) is 31.2 Å². The lowest BCUT2D eigenvalue weighted by Crippen LogP contribution is -2.16. The first kappa shape index (κ1) is 11.3. The van der Waals surface area contributed by atoms with Gasteiger partial charge in [-0.2, -0.15) is 4.98 Å². The first-order valence-electron chi connectivity index (χ1n) is 5.04. The van der Waals surface area contributed by atoms with Gasteiger partial charge in [-0.3, -0.25) is 0 Å². The standard InChI is InChI=1S/C10H11N3O4/c14-10(15)8-2-1-7(16-8)5-11-4-3-9-12-6-13-17-9/h1-2,6,11H,3-5H2,(H,14,15). The Bertz CT molecular complexity index is 477. The molecule has 0 bridgehead atoms. The quantitative estimate of drug-likeness (QED) is 0.712. The summed E-state index contributed by atoms with van der Waals surface area (Å²) in [6.07, 6.45) is 1.97. The van der Waals surface area contributed by atoms with Crippen LogP contribution in [-0.4, -0.2) is 27.8 Å². The molecule has 7 nitrogen and oxygen atoms in total. The number of carboxylic acid groups (broad SMARTS) is 1. The lowest BCUT2D eigenvalue weighted by Gasteiger charge is -1.99. The summed E-state index contributed by atoms with van der Waals surface area (Å²) in [5.41, 5.74) is 0. The fourth-order valence-electron chi connectivity index (χ4n) is 1.30. The van der Waals surface area contributed by atoms with Crippen LogP contribution in [0.3, 0.4) is 0 Å². The first-order chi connectivity index (χ1) is 8.25. The Labute approximate surface area is 96.4 Å². The molecule has 90 valence electrons. The van der Waals surface area contributed by atoms with Gasteiger partial charge in [-0.1, -0.05) is 5.16 Å². The smallest absolute Gasteiger partial charge is 0.371 e. The van der Waals surface area contributed by atoms with E-state index in [1.165, 1.54) is 12.4 Å². The van der Waals surface area contributed by atoms with Crippen LogP contribution in [-0.2, 0) is 13.0 Å². The van der Waals surface area contributed by atoms with Gasteiger partial charge in [0.1, 0.15) is 5.76 Å². The zero-order chi connectivity index (χ0) is 12.1. The van der Waals surface area contributed by atoms with Crippen molar-refractivity contribution in [2.45, 2.75) is 13.0 Å². The molecule has 0 aliphatic heterocycles. The van der Waals surface area contributed by atoms with E-state index >= 15 is 0 Å². The summed E-state index contributed by atoms with van der Waals surface area (Å²) in [6.45, 7) is 1.10. The molecule has 2 rings (SSSR count). The van der Waals surface area contributed by atoms with Crippen molar-refractivity contribution >= 4 is 5.97 Å². The van der Waals surface area contributed by atoms with Crippen molar-refractivity contribution in [2.75, 3.05) is 6.54 Å². The van der Waals surface area contributed by atoms with Crippen molar-refractivity contribution < 1.29 is 18.8 Å². The molecule has 0 fully saturated rings. The van der Waals surface area contributed by atoms with E-state index < -0.39 is 5.97 Å². The van der Waals surface area contributed by atoms with Gasteiger partial charge in [0.2, 0.25) is 11.7 Å². The third-order valence-electron chi connectivity index (χ3n) is 2.09. The average molecular weight is 237 g/mol. The summed E-state index contributed by atoms with van der Waals surface area (Å²) < 4.78 is 9.89. The maximum absolute atomic E-state index is 10.6. The van der Waals surface area contributed by atoms with Gasteiger partial charge in [0, 0.05) is 13.0 Å². The number of hydrogen-bond acceptors (Lipinski definition) is 6. The third-order valence-corrected chi connectivity index (χ3v) is 2.09. The molecule has 0 aromatic carbocycles. The Kier molecular flexibility index (Phi) is 3.51. The number of carboxylic acids is 1. The molecule has 17 heavy (non-hydrogen) atoms. The monoisotopic (exact) mass is 237 g/mol. The minimum Gasteiger partial charge on any atom is -0.475 e. The summed E-state index contributed by atoms with van der Waals surface area (Å²) >= 11 is 0. The Morgan fingerprint density at radius 1 is 1.47 bits per heavy atom. The Morgan fingerprint density at radius 2 is 2.35 bits per heavy atom. The van der Waals surface area contributed by atoms with Crippen LogP contribution in [0.1, 0.15) is 22.2 Å². The summed E-state index contributed by atoms with van der Waals surface area (Å²) in [6, 6.07) is 3.06. The number of nitrogens with one attached hydrogen (secondary N) is 1. The second kappa shape index (κ2) is 5.26. The number of furan rings is 1. The van der Waals surface area contributed by atoms with E-state index in [4.69, 9.17) is 14.0 Å². The number of aromatic carboxylic acids is 1. The fraction of sp³-hybridized carbons (Fsp3) is 0.300. The van der Waals surface area contributed by atoms with Crippen molar-refractivity contribution in [3.63, 3.8) is 0 Å². The fourth-order valence-corrected chi connectivity index (χ4v) is 1.30. The van der Waals surface area contributed by atoms with E-state index in [1.54, 1.807) is 6.07 Å². The Morgan fingerprint density at radius 3 is 3.00 bits per heavy atom. The molecule has 0 saturated carbocycles. The number of rotatable bonds is 6. The van der Waals surface area contributed by atoms with Crippen LogP contribution in [0.5, 0.6) is 0 Å². The van der Waals surface area contributed by atoms with Gasteiger partial charge in [0.25, 0.3) is 0 Å². The minimum atomic E-state index is -1.07. The summed E-state index contributed by atoms with van der Waals surface area (Å²) in [7, 11) is 0. The average Bonchev–Trinajstić information content (AvgIpc) is 2.96. The van der Waals surface area contributed by atoms with E-state index in [0.717, 1.165) is 0 Å². The van der Waals surface area contributed by atoms with Crippen LogP contribution < -0.4 is 5.32 Å². The van der Waals surface area contributed by atoms with Crippen molar-refractivity contribution in [2.24, 2.45) is 0 Å². The lowest BCUT2D eigenvalue weighted by atomic mass is 10.4. The second-order valence-electron chi connectivity index (χ2n) is 3.33. The molecule has 2 aromatic rings. The zero-order valence-electron chi connectivity index (χ0n) is 8.92. The molecule has 0 atom stereocenters. The number of aromatic nitrogens is 2. The molecule has 7 heteroatoms. The molecule has 0 amide bonds. The highest BCUT2D eigenvalue weighted by atomic mass is 16.5. The Balaban J connectivity index is 1.72. The van der Waals surface area contributed by atoms with Crippen LogP contribution >= 0.6 is 0 Å². The van der Waals surface area contributed by atoms with Gasteiger partial charge in [0.15, 0.2) is 6.33 Å². The van der Waals surface area contributed by atoms with E-state index in [9.17, 15) is 4.79 Å². The van der Waals surface area contributed by atoms with Gasteiger partial charge in [-0.15, -0.1) is 0 Å². The highest BCUT2D eigenvalue weighted by Crippen LogP contribution is 2.07. The van der Waals surface area contributed by atoms with Crippen LogP contribution in [0.25, 0.3) is 0 Å². The Hall–Kier alpha value is -2.15. The SMILES string of the molecule is O=C(O)c1ccc(CNCCc2ncno2)o1. The van der Waals surface area contributed by atoms with E-state index in [-0.39, 0.29) is 5.76 Å². The molecule has 0 aliphatic carbocycles. The minimum absolute atomic E-state index is 0.0568. The normalized spacial score (nSPS) is 10.6. The van der Waals surface area contributed by atoms with Crippen molar-refractivity contribution in [3.05, 3.63) is 35.9 Å². The molecular weight excluding hydrogens is 226 g/mol. The number of nitrogens with zero attached hydrogens (tertiary/aromatic N) is 2. The molecule has 2 heterocycles. The van der Waals surface area contributed by atoms with Crippen LogP contribution in [0.2, 0.25) is 0 Å². The predicted octanol–water partition coefficient (Wildman–Crippen LogP) is 0.693. The number of hydrogen-bond donors (Lipinski definition) is 2. The molecule has 0 aliphatic rings. The van der Waals surface area contributed by atoms with E-state index in [2.05, 4.69) is 15.5 Å². The second-order valence-corrected chi connectivity index (χ2v) is 3.33. The van der Waals surface area contributed by atoms with Crippen molar-refractivity contribution in [1.82, 2.24) is 15.5 Å². The molecule has 0 saturated heterocycles. The topological polar surface area (TPSA) is 101 Å². The van der Waals surface area contributed by atoms with Crippen LogP contribution in [0.15, 0.2) is 27.4 Å². The number of carbonyl (C=O) groups is 1. The lowest BCUT2D eigenvalue weighted by molar-refractivity contribution is 0.0660. The van der Waals surface area contributed by atoms with Gasteiger partial charge in [-0.25, -0.2) is 4.79 Å². The molecule has 0 unspecified atom stereocenters. The maximum atomic E-state index is 10.6. The zero-order valence-corrected chi connectivity index (χ0v) is 8.92. The highest BCUT2D eigenvalue weighted by molar-refractivity contribution is 5.84. The molecular formula is C10H11N3O4. The summed E-state index contributed by atoms with van der Waals surface area (Å²) in [5, 5.41) is 15.2. The maximum Gasteiger partial charge on any atom is 0.371 e. The molecule has 0 radical (unpaired) electrons. The third kappa shape index (κ3) is 3.15. The van der Waals surface area contributed by atoms with E-state index in [1.807, 2.05) is 0 Å². The molecule has 2 aromatic heterocycles. The van der Waals surface area contributed by atoms with Crippen molar-refractivity contribution in [3.8, 4) is 0 Å². The summed E-state index contributed by atoms with van der Waals surface area (Å²) in [4.78, 5) is 14.4. The largest absolute Gasteiger partial charge is 0.475 e. The van der Waals surface area contributed by atoms with Gasteiger partial charge in [-0.05, 0) is 12.1 Å². The van der Waals surface area contributed by atoms with Crippen LogP contribution in [0.4, 0.5) is 0 Å². The first-order valence-corrected chi connectivity index (χ1v) is 5.04. The summed E-state index contributed by atoms with van der Waals surface area (Å²) in [5.74, 6) is 0.0110. The van der Waals surface area contributed by atoms with Gasteiger partial charge in [0.05, 0.1) is 6.54 Å². The van der Waals surface area contributed by atoms with Gasteiger partial charge >= 0.3 is 5.97 Å². The predicted molar refractivity (Wildman–Crippen MR) is 55.4 cm³/mol. The molecule has 0 spiro atoms. The van der Waals surface area contributed by atoms with Gasteiger partial charge < -0.3 is 19.4 Å². The highest BCUT2D eigenvalue weighted by Gasteiger charge is 2.08. The van der Waals surface area contributed by atoms with Crippen LogP contribution in [0, 0.1) is 0 Å².